The fourth-order valence-corrected chi connectivity index (χ4v) is 7.04. The number of epoxide rings is 1. The highest BCUT2D eigenvalue weighted by molar-refractivity contribution is 5.82. The van der Waals surface area contributed by atoms with E-state index in [-0.39, 0.29) is 25.4 Å². The fourth-order valence-electron chi connectivity index (χ4n) is 7.04. The lowest BCUT2D eigenvalue weighted by molar-refractivity contribution is -0.234. The maximum atomic E-state index is 13.1. The normalized spacial score (nSPS) is 46.3. The Kier molecular flexibility index (Phi) is 7.37. The van der Waals surface area contributed by atoms with Crippen LogP contribution in [0.3, 0.4) is 0 Å². The molecule has 0 aromatic heterocycles. The molecule has 3 heterocycles. The molecule has 10 atom stereocenters. The second kappa shape index (κ2) is 10.2. The maximum Gasteiger partial charge on any atom is 0.335 e. The monoisotopic (exact) mass is 532 g/mol. The summed E-state index contributed by atoms with van der Waals surface area (Å²) in [5, 5.41) is 20.8. The lowest BCUT2D eigenvalue weighted by atomic mass is 9.51. The summed E-state index contributed by atoms with van der Waals surface area (Å²) in [5.41, 5.74) is -0.771. The number of aliphatic hydroxyl groups is 2. The van der Waals surface area contributed by atoms with E-state index in [0.29, 0.717) is 25.9 Å². The van der Waals surface area contributed by atoms with E-state index >= 15 is 0 Å². The molecule has 1 saturated carbocycles. The van der Waals surface area contributed by atoms with Crippen molar-refractivity contribution in [3.8, 4) is 0 Å². The van der Waals surface area contributed by atoms with Crippen LogP contribution in [-0.4, -0.2) is 84.2 Å². The molecule has 2 N–H and O–H groups in total. The molecule has 38 heavy (non-hydrogen) atoms. The summed E-state index contributed by atoms with van der Waals surface area (Å²) >= 11 is 0. The molecule has 2 spiro atoms. The maximum absolute atomic E-state index is 13.1. The zero-order valence-electron chi connectivity index (χ0n) is 22.6. The highest BCUT2D eigenvalue weighted by Gasteiger charge is 2.83. The van der Waals surface area contributed by atoms with E-state index in [1.54, 1.807) is 32.1 Å². The summed E-state index contributed by atoms with van der Waals surface area (Å²) in [7, 11) is 0. The Balaban J connectivity index is 1.51. The van der Waals surface area contributed by atoms with Gasteiger partial charge in [0.1, 0.15) is 24.4 Å². The minimum Gasteiger partial charge on any atom is -0.463 e. The van der Waals surface area contributed by atoms with Crippen molar-refractivity contribution >= 4 is 11.9 Å². The van der Waals surface area contributed by atoms with Crippen molar-refractivity contribution in [2.75, 3.05) is 19.8 Å². The van der Waals surface area contributed by atoms with E-state index in [0.717, 1.165) is 6.42 Å². The third-order valence-electron chi connectivity index (χ3n) is 9.73. The average Bonchev–Trinajstić information content (AvgIpc) is 3.65. The first kappa shape index (κ1) is 27.5. The third-order valence-corrected chi connectivity index (χ3v) is 9.73. The summed E-state index contributed by atoms with van der Waals surface area (Å²) in [6.45, 7) is 8.27. The van der Waals surface area contributed by atoms with Crippen molar-refractivity contribution in [3.05, 3.63) is 36.0 Å². The van der Waals surface area contributed by atoms with Crippen LogP contribution in [0.4, 0.5) is 0 Å². The summed E-state index contributed by atoms with van der Waals surface area (Å²) < 4.78 is 30.4. The van der Waals surface area contributed by atoms with E-state index in [1.165, 1.54) is 11.6 Å². The van der Waals surface area contributed by atoms with Crippen LogP contribution >= 0.6 is 0 Å². The second-order valence-corrected chi connectivity index (χ2v) is 11.9. The fraction of sp³-hybridized carbons (Fsp3) is 0.724. The van der Waals surface area contributed by atoms with Gasteiger partial charge in [-0.25, -0.2) is 9.59 Å². The molecule has 0 aromatic rings. The number of ether oxygens (including phenoxy) is 5. The SMILES string of the molecule is CC1=C[C@H]2O[C@@H]3C[C@H]4OC(=O)C=CC=C[C@H]([C@H](C)O)OCC[C@@H](C)[C@H](O)C(=O)OC[C@@]2(CC1)[C@]4(C)[C@]31CO1. The van der Waals surface area contributed by atoms with Gasteiger partial charge in [0.15, 0.2) is 6.10 Å². The quantitative estimate of drug-likeness (QED) is 0.298. The molecule has 2 aliphatic carbocycles. The van der Waals surface area contributed by atoms with Crippen LogP contribution in [0.2, 0.25) is 0 Å². The van der Waals surface area contributed by atoms with Crippen LogP contribution in [0.25, 0.3) is 0 Å². The van der Waals surface area contributed by atoms with Crippen molar-refractivity contribution in [3.63, 3.8) is 0 Å². The van der Waals surface area contributed by atoms with Crippen LogP contribution in [0.5, 0.6) is 0 Å². The molecule has 9 nitrogen and oxygen atoms in total. The van der Waals surface area contributed by atoms with Crippen molar-refractivity contribution in [2.45, 2.75) is 95.6 Å². The van der Waals surface area contributed by atoms with E-state index in [9.17, 15) is 19.8 Å². The Labute approximate surface area is 223 Å². The smallest absolute Gasteiger partial charge is 0.335 e. The Morgan fingerprint density at radius 1 is 1.16 bits per heavy atom. The predicted octanol–water partition coefficient (Wildman–Crippen LogP) is 2.39. The summed E-state index contributed by atoms with van der Waals surface area (Å²) in [6.07, 6.45) is 6.89. The molecule has 3 aliphatic heterocycles. The zero-order chi connectivity index (χ0) is 27.3. The first-order valence-electron chi connectivity index (χ1n) is 13.7. The number of hydrogen-bond donors (Lipinski definition) is 2. The summed E-state index contributed by atoms with van der Waals surface area (Å²) in [6, 6.07) is 0. The number of aliphatic hydroxyl groups excluding tert-OH is 2. The van der Waals surface area contributed by atoms with Gasteiger partial charge in [0, 0.05) is 24.5 Å². The van der Waals surface area contributed by atoms with Crippen LogP contribution < -0.4 is 0 Å². The van der Waals surface area contributed by atoms with Gasteiger partial charge in [0.05, 0.1) is 30.3 Å². The van der Waals surface area contributed by atoms with Gasteiger partial charge in [0.25, 0.3) is 0 Å². The van der Waals surface area contributed by atoms with E-state index in [1.807, 2.05) is 0 Å². The average molecular weight is 533 g/mol. The molecule has 5 rings (SSSR count). The summed E-state index contributed by atoms with van der Waals surface area (Å²) in [5.74, 6) is -1.60. The van der Waals surface area contributed by atoms with Crippen LogP contribution in [0, 0.1) is 16.7 Å². The molecule has 0 unspecified atom stereocenters. The number of rotatable bonds is 1. The Morgan fingerprint density at radius 2 is 1.92 bits per heavy atom. The molecule has 0 radical (unpaired) electrons. The number of hydrogen-bond acceptors (Lipinski definition) is 9. The van der Waals surface area contributed by atoms with Gasteiger partial charge in [-0.15, -0.1) is 0 Å². The Hall–Kier alpha value is -2.04. The van der Waals surface area contributed by atoms with Crippen LogP contribution in [0.15, 0.2) is 36.0 Å². The standard InChI is InChI=1S/C29H40O9/c1-17-9-11-28-15-35-26(33)25(32)18(2)10-12-34-20(19(3)30)7-5-6-8-24(31)38-21-14-23(37-22(28)13-17)29(16-36-29)27(21,28)4/h5-8,13,18-23,25,30,32H,9-12,14-16H2,1-4H3/t18-,19+,20-,21-,22-,23-,25+,27-,28-,29+/m1/s1. The first-order valence-corrected chi connectivity index (χ1v) is 13.7. The lowest BCUT2D eigenvalue weighted by Gasteiger charge is -2.58. The van der Waals surface area contributed by atoms with Gasteiger partial charge < -0.3 is 33.9 Å². The molecule has 5 aliphatic rings. The lowest BCUT2D eigenvalue weighted by Crippen LogP contribution is -2.66. The van der Waals surface area contributed by atoms with Gasteiger partial charge in [-0.3, -0.25) is 0 Å². The minimum absolute atomic E-state index is 0.0195. The van der Waals surface area contributed by atoms with Gasteiger partial charge in [-0.2, -0.15) is 0 Å². The Morgan fingerprint density at radius 3 is 2.63 bits per heavy atom. The molecule has 2 saturated heterocycles. The van der Waals surface area contributed by atoms with Gasteiger partial charge in [-0.05, 0) is 39.0 Å². The number of carbonyl (C=O) groups excluding carboxylic acids is 2. The summed E-state index contributed by atoms with van der Waals surface area (Å²) in [4.78, 5) is 26.0. The second-order valence-electron chi connectivity index (χ2n) is 11.9. The van der Waals surface area contributed by atoms with Crippen molar-refractivity contribution in [2.24, 2.45) is 16.7 Å². The number of esters is 2. The first-order chi connectivity index (χ1) is 18.0. The van der Waals surface area contributed by atoms with Crippen LogP contribution in [0.1, 0.15) is 53.4 Å². The molecular weight excluding hydrogens is 492 g/mol. The molecule has 210 valence electrons. The largest absolute Gasteiger partial charge is 0.463 e. The number of allylic oxidation sites excluding steroid dienone is 3. The predicted molar refractivity (Wildman–Crippen MR) is 136 cm³/mol. The molecule has 2 bridgehead atoms. The van der Waals surface area contributed by atoms with Gasteiger partial charge >= 0.3 is 11.9 Å². The van der Waals surface area contributed by atoms with Crippen molar-refractivity contribution in [1.82, 2.24) is 0 Å². The topological polar surface area (TPSA) is 124 Å². The minimum atomic E-state index is -1.33. The Bertz CT molecular complexity index is 1030. The third kappa shape index (κ3) is 4.36. The highest BCUT2D eigenvalue weighted by Crippen LogP contribution is 2.72. The molecule has 0 amide bonds. The molecule has 0 aromatic carbocycles. The molecule has 3 fully saturated rings. The van der Waals surface area contributed by atoms with E-state index in [4.69, 9.17) is 23.7 Å². The highest BCUT2D eigenvalue weighted by atomic mass is 16.6. The van der Waals surface area contributed by atoms with Crippen LogP contribution in [-0.2, 0) is 33.3 Å². The number of carbonyl (C=O) groups is 2. The van der Waals surface area contributed by atoms with Crippen molar-refractivity contribution in [1.29, 1.82) is 0 Å². The number of cyclic esters (lactones) is 1. The van der Waals surface area contributed by atoms with E-state index in [2.05, 4.69) is 19.9 Å². The van der Waals surface area contributed by atoms with E-state index < -0.39 is 58.7 Å². The molecular formula is C29H40O9. The van der Waals surface area contributed by atoms with Crippen molar-refractivity contribution < 1.29 is 43.5 Å². The molecule has 9 heteroatoms. The van der Waals surface area contributed by atoms with Gasteiger partial charge in [-0.1, -0.05) is 43.7 Å². The zero-order valence-corrected chi connectivity index (χ0v) is 22.6. The van der Waals surface area contributed by atoms with Gasteiger partial charge in [0.2, 0.25) is 0 Å².